The third kappa shape index (κ3) is 11.3. The molecule has 3 amide bonds. The van der Waals surface area contributed by atoms with E-state index in [2.05, 4.69) is 16.0 Å². The second kappa shape index (κ2) is 15.9. The van der Waals surface area contributed by atoms with Gasteiger partial charge in [0, 0.05) is 0 Å². The van der Waals surface area contributed by atoms with E-state index >= 15 is 0 Å². The molecule has 1 aromatic carbocycles. The van der Waals surface area contributed by atoms with Crippen LogP contribution in [-0.4, -0.2) is 77.1 Å². The van der Waals surface area contributed by atoms with E-state index in [-0.39, 0.29) is 18.6 Å². The van der Waals surface area contributed by atoms with E-state index in [1.54, 1.807) is 12.1 Å². The SMILES string of the molecule is CSCCC(NC(=O)CNC(=O)C(CCCCN)NC(=O)C(N)Cc1ccc(O)cc1)C(=O)O. The summed E-state index contributed by atoms with van der Waals surface area (Å²) in [5, 5.41) is 26.0. The molecule has 0 aliphatic heterocycles. The zero-order valence-corrected chi connectivity index (χ0v) is 20.1. The molecule has 0 heterocycles. The number of carboxylic acids is 1. The predicted octanol–water partition coefficient (Wildman–Crippen LogP) is -0.685. The minimum Gasteiger partial charge on any atom is -0.508 e. The summed E-state index contributed by atoms with van der Waals surface area (Å²) < 4.78 is 0. The van der Waals surface area contributed by atoms with Gasteiger partial charge in [-0.25, -0.2) is 4.79 Å². The lowest BCUT2D eigenvalue weighted by atomic mass is 10.0. The summed E-state index contributed by atoms with van der Waals surface area (Å²) in [6.07, 6.45) is 3.81. The maximum absolute atomic E-state index is 12.7. The molecule has 0 fully saturated rings. The molecular formula is C22H35N5O6S. The lowest BCUT2D eigenvalue weighted by Gasteiger charge is -2.21. The second-order valence-electron chi connectivity index (χ2n) is 7.78. The van der Waals surface area contributed by atoms with Gasteiger partial charge in [-0.1, -0.05) is 12.1 Å². The molecule has 0 spiro atoms. The summed E-state index contributed by atoms with van der Waals surface area (Å²) in [6, 6.07) is 3.38. The maximum Gasteiger partial charge on any atom is 0.326 e. The smallest absolute Gasteiger partial charge is 0.326 e. The fourth-order valence-corrected chi connectivity index (χ4v) is 3.52. The Balaban J connectivity index is 2.67. The number of carbonyl (C=O) groups excluding carboxylic acids is 3. The number of hydrogen-bond acceptors (Lipinski definition) is 8. The molecule has 0 bridgehead atoms. The van der Waals surface area contributed by atoms with Crippen LogP contribution in [0.4, 0.5) is 0 Å². The monoisotopic (exact) mass is 497 g/mol. The number of carboxylic acid groups (broad SMARTS) is 1. The highest BCUT2D eigenvalue weighted by Crippen LogP contribution is 2.11. The number of nitrogens with two attached hydrogens (primary N) is 2. The first-order chi connectivity index (χ1) is 16.2. The highest BCUT2D eigenvalue weighted by Gasteiger charge is 2.25. The van der Waals surface area contributed by atoms with Crippen molar-refractivity contribution in [2.45, 2.75) is 50.2 Å². The molecule has 0 aliphatic rings. The first-order valence-corrected chi connectivity index (χ1v) is 12.4. The van der Waals surface area contributed by atoms with Crippen molar-refractivity contribution in [3.63, 3.8) is 0 Å². The molecule has 0 radical (unpaired) electrons. The topological polar surface area (TPSA) is 197 Å². The van der Waals surface area contributed by atoms with E-state index in [0.29, 0.717) is 31.6 Å². The fourth-order valence-electron chi connectivity index (χ4n) is 3.05. The average Bonchev–Trinajstić information content (AvgIpc) is 2.80. The van der Waals surface area contributed by atoms with Gasteiger partial charge in [-0.2, -0.15) is 11.8 Å². The van der Waals surface area contributed by atoms with Crippen molar-refractivity contribution in [3.8, 4) is 5.75 Å². The van der Waals surface area contributed by atoms with E-state index in [1.807, 2.05) is 6.26 Å². The van der Waals surface area contributed by atoms with E-state index in [4.69, 9.17) is 11.5 Å². The Morgan fingerprint density at radius 1 is 1.00 bits per heavy atom. The van der Waals surface area contributed by atoms with Crippen molar-refractivity contribution in [2.75, 3.05) is 25.1 Å². The standard InChI is InChI=1S/C22H35N5O6S/c1-34-11-9-18(22(32)33)26-19(29)13-25-21(31)17(4-2-3-10-23)27-20(30)16(24)12-14-5-7-15(28)8-6-14/h5-8,16-18,28H,2-4,9-13,23-24H2,1H3,(H,25,31)(H,26,29)(H,27,30)(H,32,33). The molecule has 0 aromatic heterocycles. The lowest BCUT2D eigenvalue weighted by Crippen LogP contribution is -2.53. The van der Waals surface area contributed by atoms with Crippen LogP contribution in [0.5, 0.6) is 5.75 Å². The van der Waals surface area contributed by atoms with Crippen molar-refractivity contribution < 1.29 is 29.4 Å². The number of thioether (sulfide) groups is 1. The molecule has 1 aromatic rings. The van der Waals surface area contributed by atoms with Gasteiger partial charge >= 0.3 is 5.97 Å². The number of phenols is 1. The molecule has 9 N–H and O–H groups in total. The molecular weight excluding hydrogens is 462 g/mol. The number of aliphatic carboxylic acids is 1. The maximum atomic E-state index is 12.7. The van der Waals surface area contributed by atoms with E-state index < -0.39 is 48.4 Å². The summed E-state index contributed by atoms with van der Waals surface area (Å²) in [5.74, 6) is -2.24. The van der Waals surface area contributed by atoms with Crippen molar-refractivity contribution >= 4 is 35.5 Å². The van der Waals surface area contributed by atoms with Crippen molar-refractivity contribution in [1.82, 2.24) is 16.0 Å². The van der Waals surface area contributed by atoms with Gasteiger partial charge in [-0.05, 0) is 68.4 Å². The molecule has 12 heteroatoms. The van der Waals surface area contributed by atoms with Gasteiger partial charge in [0.05, 0.1) is 12.6 Å². The van der Waals surface area contributed by atoms with E-state index in [1.165, 1.54) is 23.9 Å². The lowest BCUT2D eigenvalue weighted by molar-refractivity contribution is -0.141. The van der Waals surface area contributed by atoms with Crippen LogP contribution in [0, 0.1) is 0 Å². The van der Waals surface area contributed by atoms with Crippen molar-refractivity contribution in [2.24, 2.45) is 11.5 Å². The Morgan fingerprint density at radius 2 is 1.68 bits per heavy atom. The number of carbonyl (C=O) groups is 4. The molecule has 190 valence electrons. The predicted molar refractivity (Wildman–Crippen MR) is 130 cm³/mol. The number of rotatable bonds is 16. The van der Waals surface area contributed by atoms with Crippen LogP contribution in [0.25, 0.3) is 0 Å². The first-order valence-electron chi connectivity index (χ1n) is 11.0. The van der Waals surface area contributed by atoms with Crippen molar-refractivity contribution in [3.05, 3.63) is 29.8 Å². The fraction of sp³-hybridized carbons (Fsp3) is 0.545. The van der Waals surface area contributed by atoms with Gasteiger partial charge in [0.2, 0.25) is 17.7 Å². The van der Waals surface area contributed by atoms with Crippen LogP contribution in [0.1, 0.15) is 31.2 Å². The third-order valence-corrected chi connectivity index (χ3v) is 5.62. The number of nitrogens with one attached hydrogen (secondary N) is 3. The summed E-state index contributed by atoms with van der Waals surface area (Å²) in [6.45, 7) is 0.00236. The minimum atomic E-state index is -1.15. The number of phenolic OH excluding ortho intramolecular Hbond substituents is 1. The molecule has 0 aliphatic carbocycles. The number of amides is 3. The van der Waals surface area contributed by atoms with Gasteiger partial charge in [-0.15, -0.1) is 0 Å². The van der Waals surface area contributed by atoms with Gasteiger partial charge in [-0.3, -0.25) is 14.4 Å². The largest absolute Gasteiger partial charge is 0.508 e. The highest BCUT2D eigenvalue weighted by molar-refractivity contribution is 7.98. The van der Waals surface area contributed by atoms with Crippen LogP contribution in [0.2, 0.25) is 0 Å². The van der Waals surface area contributed by atoms with Crippen LogP contribution in [-0.2, 0) is 25.6 Å². The Labute approximate surface area is 203 Å². The Morgan fingerprint density at radius 3 is 2.26 bits per heavy atom. The highest BCUT2D eigenvalue weighted by atomic mass is 32.2. The molecule has 3 unspecified atom stereocenters. The number of hydrogen-bond donors (Lipinski definition) is 7. The quantitative estimate of drug-likeness (QED) is 0.145. The molecule has 0 saturated heterocycles. The number of unbranched alkanes of at least 4 members (excludes halogenated alkanes) is 1. The first kappa shape index (κ1) is 29.2. The zero-order chi connectivity index (χ0) is 25.5. The van der Waals surface area contributed by atoms with Gasteiger partial charge in [0.15, 0.2) is 0 Å². The second-order valence-corrected chi connectivity index (χ2v) is 8.77. The molecule has 11 nitrogen and oxygen atoms in total. The average molecular weight is 498 g/mol. The van der Waals surface area contributed by atoms with Gasteiger partial charge in [0.25, 0.3) is 0 Å². The summed E-state index contributed by atoms with van der Waals surface area (Å²) >= 11 is 1.46. The Hall–Kier alpha value is -2.83. The summed E-state index contributed by atoms with van der Waals surface area (Å²) in [5.41, 5.74) is 12.2. The van der Waals surface area contributed by atoms with Crippen molar-refractivity contribution in [1.29, 1.82) is 0 Å². The number of benzene rings is 1. The summed E-state index contributed by atoms with van der Waals surface area (Å²) in [7, 11) is 0. The Kier molecular flexibility index (Phi) is 13.7. The molecule has 0 saturated carbocycles. The van der Waals surface area contributed by atoms with E-state index in [9.17, 15) is 29.4 Å². The normalized spacial score (nSPS) is 13.4. The molecule has 3 atom stereocenters. The molecule has 34 heavy (non-hydrogen) atoms. The van der Waals surface area contributed by atoms with Crippen LogP contribution < -0.4 is 27.4 Å². The zero-order valence-electron chi connectivity index (χ0n) is 19.3. The van der Waals surface area contributed by atoms with E-state index in [0.717, 1.165) is 5.56 Å². The Bertz CT molecular complexity index is 807. The minimum absolute atomic E-state index is 0.0985. The van der Waals surface area contributed by atoms with Crippen LogP contribution in [0.15, 0.2) is 24.3 Å². The van der Waals surface area contributed by atoms with Gasteiger partial charge < -0.3 is 37.6 Å². The molecule has 1 rings (SSSR count). The van der Waals surface area contributed by atoms with Gasteiger partial charge in [0.1, 0.15) is 17.8 Å². The van der Waals surface area contributed by atoms with Crippen LogP contribution in [0.3, 0.4) is 0 Å². The number of aromatic hydroxyl groups is 1. The van der Waals surface area contributed by atoms with Crippen LogP contribution >= 0.6 is 11.8 Å². The summed E-state index contributed by atoms with van der Waals surface area (Å²) in [4.78, 5) is 48.6. The third-order valence-electron chi connectivity index (χ3n) is 4.98.